The summed E-state index contributed by atoms with van der Waals surface area (Å²) in [6, 6.07) is 7.56. The number of carbonyl (C=O) groups excluding carboxylic acids is 1. The van der Waals surface area contributed by atoms with Crippen molar-refractivity contribution < 1.29 is 18.7 Å². The Bertz CT molecular complexity index is 716. The first-order chi connectivity index (χ1) is 12.1. The molecule has 1 fully saturated rings. The fraction of sp³-hybridized carbons (Fsp3) is 0.500. The number of hydrogen-bond acceptors (Lipinski definition) is 6. The van der Waals surface area contributed by atoms with Gasteiger partial charge in [-0.3, -0.25) is 4.79 Å². The normalized spacial score (nSPS) is 17.5. The summed E-state index contributed by atoms with van der Waals surface area (Å²) in [4.78, 5) is 14.4. The first kappa shape index (κ1) is 17.4. The number of amides is 1. The van der Waals surface area contributed by atoms with E-state index in [9.17, 15) is 4.79 Å². The molecule has 1 aromatic heterocycles. The Morgan fingerprint density at radius 1 is 1.32 bits per heavy atom. The summed E-state index contributed by atoms with van der Waals surface area (Å²) in [7, 11) is 0. The van der Waals surface area contributed by atoms with Crippen LogP contribution in [0.25, 0.3) is 0 Å². The molecular weight excluding hydrogens is 322 g/mol. The number of morpholine rings is 1. The van der Waals surface area contributed by atoms with E-state index in [2.05, 4.69) is 10.2 Å². The lowest BCUT2D eigenvalue weighted by atomic mass is 10.2. The molecule has 2 heterocycles. The third kappa shape index (κ3) is 4.36. The van der Waals surface area contributed by atoms with Gasteiger partial charge in [0.15, 0.2) is 0 Å². The summed E-state index contributed by atoms with van der Waals surface area (Å²) in [6.45, 7) is 5.68. The van der Waals surface area contributed by atoms with Crippen molar-refractivity contribution in [1.82, 2.24) is 15.1 Å². The molecule has 0 spiro atoms. The first-order valence-corrected chi connectivity index (χ1v) is 8.51. The highest BCUT2D eigenvalue weighted by molar-refractivity contribution is 5.76. The summed E-state index contributed by atoms with van der Waals surface area (Å²) >= 11 is 0. The molecule has 1 aliphatic rings. The molecule has 1 unspecified atom stereocenters. The molecule has 2 aromatic rings. The maximum absolute atomic E-state index is 12.6. The largest absolute Gasteiger partial charge is 0.493 e. The fourth-order valence-corrected chi connectivity index (χ4v) is 2.82. The van der Waals surface area contributed by atoms with Crippen LogP contribution in [-0.2, 0) is 9.53 Å². The van der Waals surface area contributed by atoms with Gasteiger partial charge in [0.1, 0.15) is 11.8 Å². The molecule has 3 rings (SSSR count). The number of carbonyl (C=O) groups is 1. The van der Waals surface area contributed by atoms with Gasteiger partial charge in [0.2, 0.25) is 17.7 Å². The van der Waals surface area contributed by atoms with Crippen molar-refractivity contribution in [3.05, 3.63) is 41.6 Å². The summed E-state index contributed by atoms with van der Waals surface area (Å²) in [5.41, 5.74) is 1.09. The van der Waals surface area contributed by atoms with Crippen molar-refractivity contribution in [3.8, 4) is 5.75 Å². The monoisotopic (exact) mass is 345 g/mol. The van der Waals surface area contributed by atoms with E-state index in [1.165, 1.54) is 0 Å². The number of ether oxygens (including phenoxy) is 2. The SMILES string of the molecule is Cc1nnc(C2COCCN2C(=O)CCCOc2ccccc2C)o1. The Hall–Kier alpha value is -2.41. The van der Waals surface area contributed by atoms with Crippen LogP contribution >= 0.6 is 0 Å². The molecule has 25 heavy (non-hydrogen) atoms. The van der Waals surface area contributed by atoms with E-state index in [1.54, 1.807) is 11.8 Å². The van der Waals surface area contributed by atoms with Gasteiger partial charge in [0.25, 0.3) is 0 Å². The molecule has 1 saturated heterocycles. The Morgan fingerprint density at radius 2 is 2.16 bits per heavy atom. The van der Waals surface area contributed by atoms with Gasteiger partial charge in [-0.1, -0.05) is 18.2 Å². The molecule has 0 bridgehead atoms. The fourth-order valence-electron chi connectivity index (χ4n) is 2.82. The van der Waals surface area contributed by atoms with Gasteiger partial charge in [0, 0.05) is 19.9 Å². The number of benzene rings is 1. The van der Waals surface area contributed by atoms with Crippen LogP contribution in [0.5, 0.6) is 5.75 Å². The first-order valence-electron chi connectivity index (χ1n) is 8.51. The van der Waals surface area contributed by atoms with Gasteiger partial charge in [0.05, 0.1) is 19.8 Å². The Kier molecular flexibility index (Phi) is 5.65. The van der Waals surface area contributed by atoms with Gasteiger partial charge >= 0.3 is 0 Å². The number of para-hydroxylation sites is 1. The van der Waals surface area contributed by atoms with Crippen LogP contribution in [0, 0.1) is 13.8 Å². The van der Waals surface area contributed by atoms with Gasteiger partial charge in [-0.15, -0.1) is 10.2 Å². The van der Waals surface area contributed by atoms with Crippen LogP contribution in [-0.4, -0.2) is 47.4 Å². The van der Waals surface area contributed by atoms with E-state index >= 15 is 0 Å². The molecule has 1 atom stereocenters. The number of nitrogens with zero attached hydrogens (tertiary/aromatic N) is 3. The zero-order chi connectivity index (χ0) is 17.6. The minimum Gasteiger partial charge on any atom is -0.493 e. The van der Waals surface area contributed by atoms with Crippen molar-refractivity contribution in [2.24, 2.45) is 0 Å². The molecule has 1 aliphatic heterocycles. The second-order valence-electron chi connectivity index (χ2n) is 6.05. The Labute approximate surface area is 146 Å². The van der Waals surface area contributed by atoms with Gasteiger partial charge < -0.3 is 18.8 Å². The number of aromatic nitrogens is 2. The minimum atomic E-state index is -0.306. The number of aryl methyl sites for hydroxylation is 2. The van der Waals surface area contributed by atoms with Gasteiger partial charge in [-0.05, 0) is 25.0 Å². The molecule has 0 radical (unpaired) electrons. The molecule has 1 aromatic carbocycles. The van der Waals surface area contributed by atoms with Crippen LogP contribution in [0.2, 0.25) is 0 Å². The molecular formula is C18H23N3O4. The molecule has 134 valence electrons. The topological polar surface area (TPSA) is 77.7 Å². The average Bonchev–Trinajstić information content (AvgIpc) is 3.06. The van der Waals surface area contributed by atoms with E-state index in [0.29, 0.717) is 51.0 Å². The quantitative estimate of drug-likeness (QED) is 0.749. The molecule has 0 aliphatic carbocycles. The molecule has 0 saturated carbocycles. The maximum Gasteiger partial charge on any atom is 0.241 e. The van der Waals surface area contributed by atoms with Crippen LogP contribution in [0.4, 0.5) is 0 Å². The molecule has 1 amide bonds. The van der Waals surface area contributed by atoms with Crippen LogP contribution in [0.3, 0.4) is 0 Å². The zero-order valence-corrected chi connectivity index (χ0v) is 14.6. The van der Waals surface area contributed by atoms with Crippen LogP contribution < -0.4 is 4.74 Å². The summed E-state index contributed by atoms with van der Waals surface area (Å²) in [5, 5.41) is 7.88. The predicted octanol–water partition coefficient (Wildman–Crippen LogP) is 2.45. The van der Waals surface area contributed by atoms with Crippen LogP contribution in [0.1, 0.15) is 36.2 Å². The average molecular weight is 345 g/mol. The third-order valence-electron chi connectivity index (χ3n) is 4.16. The number of rotatable bonds is 6. The lowest BCUT2D eigenvalue weighted by Crippen LogP contribution is -2.43. The van der Waals surface area contributed by atoms with Gasteiger partial charge in [-0.25, -0.2) is 0 Å². The lowest BCUT2D eigenvalue weighted by Gasteiger charge is -2.33. The van der Waals surface area contributed by atoms with E-state index in [4.69, 9.17) is 13.9 Å². The highest BCUT2D eigenvalue weighted by atomic mass is 16.5. The summed E-state index contributed by atoms with van der Waals surface area (Å²) in [5.74, 6) is 1.83. The Morgan fingerprint density at radius 3 is 2.92 bits per heavy atom. The standard InChI is InChI=1S/C18H23N3O4/c1-13-6-3-4-7-16(13)24-10-5-8-17(22)21-9-11-23-12-15(21)18-20-19-14(2)25-18/h3-4,6-7,15H,5,8-12H2,1-2H3. The second kappa shape index (κ2) is 8.11. The number of hydrogen-bond donors (Lipinski definition) is 0. The van der Waals surface area contributed by atoms with Crippen molar-refractivity contribution >= 4 is 5.91 Å². The highest BCUT2D eigenvalue weighted by Crippen LogP contribution is 2.24. The van der Waals surface area contributed by atoms with E-state index in [0.717, 1.165) is 11.3 Å². The Balaban J connectivity index is 1.52. The summed E-state index contributed by atoms with van der Waals surface area (Å²) < 4.78 is 16.7. The zero-order valence-electron chi connectivity index (χ0n) is 14.6. The van der Waals surface area contributed by atoms with E-state index < -0.39 is 0 Å². The van der Waals surface area contributed by atoms with Crippen molar-refractivity contribution in [3.63, 3.8) is 0 Å². The highest BCUT2D eigenvalue weighted by Gasteiger charge is 2.32. The molecule has 7 nitrogen and oxygen atoms in total. The van der Waals surface area contributed by atoms with Crippen LogP contribution in [0.15, 0.2) is 28.7 Å². The maximum atomic E-state index is 12.6. The van der Waals surface area contributed by atoms with E-state index in [-0.39, 0.29) is 11.9 Å². The summed E-state index contributed by atoms with van der Waals surface area (Å²) in [6.07, 6.45) is 1.07. The molecule has 7 heteroatoms. The lowest BCUT2D eigenvalue weighted by molar-refractivity contribution is -0.141. The van der Waals surface area contributed by atoms with Gasteiger partial charge in [-0.2, -0.15) is 0 Å². The van der Waals surface area contributed by atoms with Crippen molar-refractivity contribution in [1.29, 1.82) is 0 Å². The second-order valence-corrected chi connectivity index (χ2v) is 6.05. The molecule has 0 N–H and O–H groups in total. The smallest absolute Gasteiger partial charge is 0.241 e. The minimum absolute atomic E-state index is 0.0533. The van der Waals surface area contributed by atoms with Crippen molar-refractivity contribution in [2.45, 2.75) is 32.7 Å². The third-order valence-corrected chi connectivity index (χ3v) is 4.16. The van der Waals surface area contributed by atoms with E-state index in [1.807, 2.05) is 31.2 Å². The predicted molar refractivity (Wildman–Crippen MR) is 90.2 cm³/mol. The van der Waals surface area contributed by atoms with Crippen molar-refractivity contribution in [2.75, 3.05) is 26.4 Å².